The van der Waals surface area contributed by atoms with Crippen LogP contribution in [0.4, 0.5) is 5.82 Å². The number of Topliss-reactive ketones (excluding diaryl/α,β-unsaturated/α-hetero) is 2. The molecule has 0 radical (unpaired) electrons. The number of carboxylic acid groups (broad SMARTS) is 1. The normalized spacial score (nSPS) is 10.0. The van der Waals surface area contributed by atoms with Crippen molar-refractivity contribution < 1.29 is 43.3 Å². The number of carbonyl (C=O) groups excluding carboxylic acids is 5. The number of nitriles is 7. The number of aldehydes is 1. The van der Waals surface area contributed by atoms with E-state index in [1.807, 2.05) is 91.2 Å². The fraction of sp³-hybridized carbons (Fsp3) is 0.270. The van der Waals surface area contributed by atoms with Crippen LogP contribution in [0.15, 0.2) is 133 Å². The number of fused-ring (bicyclic) bond motifs is 1. The molecule has 3 aromatic heterocycles. The van der Waals surface area contributed by atoms with Crippen molar-refractivity contribution in [1.82, 2.24) is 24.8 Å². The Hall–Kier alpha value is -12.7. The summed E-state index contributed by atoms with van der Waals surface area (Å²) < 4.78 is 10.3. The number of ether oxygens (including phenoxy) is 2. The maximum absolute atomic E-state index is 11.4. The number of aromatic carboxylic acids is 1. The van der Waals surface area contributed by atoms with Crippen LogP contribution < -0.4 is 5.73 Å². The predicted octanol–water partition coefficient (Wildman–Crippen LogP) is 12.6. The lowest BCUT2D eigenvalue weighted by atomic mass is 9.95. The first-order chi connectivity index (χ1) is 46.1. The van der Waals surface area contributed by atoms with Crippen molar-refractivity contribution in [2.75, 3.05) is 12.3 Å². The number of H-pyrrole nitrogens is 1. The number of anilines is 1. The summed E-state index contributed by atoms with van der Waals surface area (Å²) in [4.78, 5) is 68.6. The fourth-order valence-electron chi connectivity index (χ4n) is 8.29. The summed E-state index contributed by atoms with van der Waals surface area (Å²) in [5.74, 6) is -1.73. The number of nitrogen functional groups attached to an aromatic ring is 1. The molecule has 0 aliphatic heterocycles. The van der Waals surface area contributed by atoms with Gasteiger partial charge in [0.2, 0.25) is 0 Å². The molecule has 1 unspecified atom stereocenters. The Morgan fingerprint density at radius 3 is 1.51 bits per heavy atom. The molecule has 0 fully saturated rings. The molecular weight excluding hydrogens is 1210 g/mol. The molecule has 0 saturated carbocycles. The monoisotopic (exact) mass is 1290 g/mol. The van der Waals surface area contributed by atoms with Crippen LogP contribution >= 0.6 is 0 Å². The van der Waals surface area contributed by atoms with Gasteiger partial charge >= 0.3 is 17.9 Å². The van der Waals surface area contributed by atoms with Gasteiger partial charge in [0.15, 0.2) is 11.4 Å². The van der Waals surface area contributed by atoms with E-state index in [2.05, 4.69) is 49.7 Å². The van der Waals surface area contributed by atoms with Crippen molar-refractivity contribution >= 4 is 53.3 Å². The number of nitrogens with two attached hydrogens (primary N) is 1. The van der Waals surface area contributed by atoms with Gasteiger partial charge in [0.25, 0.3) is 6.26 Å². The Morgan fingerprint density at radius 1 is 0.625 bits per heavy atom. The van der Waals surface area contributed by atoms with Crippen LogP contribution in [-0.4, -0.2) is 72.3 Å². The zero-order chi connectivity index (χ0) is 71.5. The molecule has 8 aromatic rings. The van der Waals surface area contributed by atoms with Gasteiger partial charge in [-0.2, -0.15) is 41.8 Å². The lowest BCUT2D eigenvalue weighted by molar-refractivity contribution is -0.142. The van der Waals surface area contributed by atoms with Gasteiger partial charge in [0.05, 0.1) is 76.0 Å². The number of hydrogen-bond donors (Lipinski definition) is 3. The number of hydrogen-bond acceptors (Lipinski definition) is 19. The standard InChI is InChI=1S/C18H19N3O2.C13H14N4.C13H12N2O.C13H10N2O.C8H5NO.C5H10O2.C4H5NO2/c1-4-16-15(10-13-5-7-14(8-6-13)18(22)23)17-19-11(2)9-12(3)21(17)20-16;1-2-12-11(13(15)17-16-12)7-9-3-5-10(8-14)6-4-9;2*1-2-13(16)12(9-15)7-10-3-5-11(8-14)6-4-10;9-5-7-1-3-8(6-10)4-2-7;1-3-5(6)7-4-2;1-2-4(6)7-3-5/h5-9H,4,10H2,1-3H3,(H,22,23);3-6H,2,7H2,1H3,(H3,15,16,17);3-6,12H,2,7H2,1H3;3-7H,2H2,1H3;1-4,6H;3-4H2,1-2H3;2H2,1H3/b;;;12-7-;;;. The lowest BCUT2D eigenvalue weighted by Gasteiger charge is -2.06. The van der Waals surface area contributed by atoms with E-state index >= 15 is 0 Å². The first-order valence-electron chi connectivity index (χ1n) is 30.4. The fourth-order valence-corrected chi connectivity index (χ4v) is 8.29. The largest absolute Gasteiger partial charge is 0.478 e. The number of carbonyl (C=O) groups is 6. The van der Waals surface area contributed by atoms with Crippen LogP contribution in [0.3, 0.4) is 0 Å². The zero-order valence-corrected chi connectivity index (χ0v) is 55.1. The van der Waals surface area contributed by atoms with E-state index in [1.165, 1.54) is 12.3 Å². The maximum Gasteiger partial charge on any atom is 0.335 e. The van der Waals surface area contributed by atoms with Gasteiger partial charge < -0.3 is 20.3 Å². The number of rotatable bonds is 18. The molecule has 490 valence electrons. The van der Waals surface area contributed by atoms with E-state index in [0.29, 0.717) is 77.9 Å². The van der Waals surface area contributed by atoms with Gasteiger partial charge in [-0.3, -0.25) is 29.1 Å². The molecule has 22 nitrogen and oxygen atoms in total. The highest BCUT2D eigenvalue weighted by molar-refractivity contribution is 6.03. The summed E-state index contributed by atoms with van der Waals surface area (Å²) in [6.07, 6.45) is 8.58. The number of aromatic amines is 1. The van der Waals surface area contributed by atoms with Crippen molar-refractivity contribution in [3.63, 3.8) is 0 Å². The van der Waals surface area contributed by atoms with Gasteiger partial charge in [0.1, 0.15) is 29.9 Å². The number of nitrogens with zero attached hydrogens (tertiary/aromatic N) is 11. The molecule has 8 rings (SSSR count). The Labute approximate surface area is 559 Å². The van der Waals surface area contributed by atoms with Crippen LogP contribution in [-0.2, 0) is 60.8 Å². The third-order valence-electron chi connectivity index (χ3n) is 13.5. The number of ketones is 2. The maximum atomic E-state index is 11.4. The second-order valence-corrected chi connectivity index (χ2v) is 20.3. The highest BCUT2D eigenvalue weighted by Crippen LogP contribution is 2.23. The average molecular weight is 1290 g/mol. The average Bonchev–Trinajstić information content (AvgIpc) is 1.63. The number of carboxylic acids is 1. The molecule has 5 aromatic carbocycles. The smallest absolute Gasteiger partial charge is 0.335 e. The molecule has 4 N–H and O–H groups in total. The van der Waals surface area contributed by atoms with Crippen molar-refractivity contribution in [3.05, 3.63) is 223 Å². The second kappa shape index (κ2) is 43.9. The molecule has 22 heteroatoms. The molecule has 0 amide bonds. The van der Waals surface area contributed by atoms with Crippen LogP contribution in [0, 0.1) is 99.3 Å². The minimum Gasteiger partial charge on any atom is -0.478 e. The summed E-state index contributed by atoms with van der Waals surface area (Å²) >= 11 is 0. The van der Waals surface area contributed by atoms with Crippen LogP contribution in [0.1, 0.15) is 173 Å². The van der Waals surface area contributed by atoms with E-state index in [4.69, 9.17) is 47.7 Å². The van der Waals surface area contributed by atoms with Gasteiger partial charge in [0, 0.05) is 72.3 Å². The van der Waals surface area contributed by atoms with Crippen molar-refractivity contribution in [2.45, 2.75) is 120 Å². The van der Waals surface area contributed by atoms with Gasteiger partial charge in [-0.1, -0.05) is 102 Å². The number of allylic oxidation sites excluding steroid dienone is 1. The Morgan fingerprint density at radius 2 is 1.11 bits per heavy atom. The molecular formula is C74H75N13O9. The second-order valence-electron chi connectivity index (χ2n) is 20.3. The minimum atomic E-state index is -0.908. The van der Waals surface area contributed by atoms with Gasteiger partial charge in [-0.05, 0) is 135 Å². The van der Waals surface area contributed by atoms with Crippen LogP contribution in [0.25, 0.3) is 11.7 Å². The van der Waals surface area contributed by atoms with Crippen molar-refractivity contribution in [1.29, 1.82) is 36.8 Å². The highest BCUT2D eigenvalue weighted by Gasteiger charge is 2.18. The number of nitrogens with one attached hydrogen (secondary N) is 1. The van der Waals surface area contributed by atoms with Crippen molar-refractivity contribution in [3.8, 4) is 42.7 Å². The molecule has 0 spiro atoms. The minimum absolute atomic E-state index is 0.0353. The van der Waals surface area contributed by atoms with Gasteiger partial charge in [-0.25, -0.2) is 14.3 Å². The first-order valence-corrected chi connectivity index (χ1v) is 30.4. The summed E-state index contributed by atoms with van der Waals surface area (Å²) in [5, 5.41) is 80.3. The quantitative estimate of drug-likeness (QED) is 0.0236. The van der Waals surface area contributed by atoms with E-state index in [0.717, 1.165) is 87.4 Å². The third-order valence-corrected chi connectivity index (χ3v) is 13.5. The van der Waals surface area contributed by atoms with E-state index < -0.39 is 17.9 Å². The highest BCUT2D eigenvalue weighted by atomic mass is 16.5. The topological polar surface area (TPSA) is 393 Å². The van der Waals surface area contributed by atoms with Crippen molar-refractivity contribution in [2.24, 2.45) is 5.92 Å². The van der Waals surface area contributed by atoms with Gasteiger partial charge in [-0.15, -0.1) is 5.26 Å². The number of aryl methyl sites for hydroxylation is 4. The lowest BCUT2D eigenvalue weighted by Crippen LogP contribution is -2.14. The molecule has 0 aliphatic rings. The summed E-state index contributed by atoms with van der Waals surface area (Å²) in [5.41, 5.74) is 20.3. The number of aromatic nitrogens is 5. The Bertz CT molecular complexity index is 4220. The first kappa shape index (κ1) is 79.4. The van der Waals surface area contributed by atoms with E-state index in [9.17, 15) is 28.8 Å². The molecule has 0 aliphatic carbocycles. The van der Waals surface area contributed by atoms with Crippen LogP contribution in [0.2, 0.25) is 0 Å². The number of esters is 2. The van der Waals surface area contributed by atoms with Crippen LogP contribution in [0.5, 0.6) is 0 Å². The third kappa shape index (κ3) is 27.4. The molecule has 96 heavy (non-hydrogen) atoms. The molecule has 0 bridgehead atoms. The molecule has 0 saturated heterocycles. The Balaban J connectivity index is 0.000000395. The summed E-state index contributed by atoms with van der Waals surface area (Å²) in [6.45, 7) is 17.3. The zero-order valence-electron chi connectivity index (χ0n) is 55.1. The predicted molar refractivity (Wildman–Crippen MR) is 359 cm³/mol. The Kier molecular flexibility index (Phi) is 36.3. The molecule has 1 atom stereocenters. The summed E-state index contributed by atoms with van der Waals surface area (Å²) in [6, 6.07) is 48.7. The van der Waals surface area contributed by atoms with E-state index in [1.54, 1.807) is 120 Å². The SMILES string of the molecule is CCC(=O)/C(C#N)=C\c1ccc(C#N)cc1.CCC(=O)C(C#N)Cc1ccc(C#N)cc1.CCC(=O)OC#N.CCOC(=O)CC.CCc1[nH]nc(N)c1Cc1ccc(C#N)cc1.CCc1nn2c(C)cc(C)nc2c1Cc1ccc(C(=O)O)cc1.N#Cc1ccc(C=O)cc1. The summed E-state index contributed by atoms with van der Waals surface area (Å²) in [7, 11) is 0. The van der Waals surface area contributed by atoms with E-state index in [-0.39, 0.29) is 29.5 Å². The molecule has 3 heterocycles. The number of benzene rings is 5.